The standard InChI is InChI=1S/C20H19N5O/c1-2-4-18-14(3-1)9-15(12-26-18)23-20-16-10-22-11-17(16)24-19(25-20)13-5-7-21-8-6-13/h1-8,15,22H,9-12H2,(H,23,24,25)/t15-/m1/s1. The molecule has 1 aromatic carbocycles. The number of para-hydroxylation sites is 1. The van der Waals surface area contributed by atoms with Gasteiger partial charge in [0.15, 0.2) is 5.82 Å². The molecule has 0 aliphatic carbocycles. The highest BCUT2D eigenvalue weighted by molar-refractivity contribution is 5.60. The number of rotatable bonds is 3. The largest absolute Gasteiger partial charge is 0.491 e. The molecule has 0 saturated heterocycles. The third-order valence-corrected chi connectivity index (χ3v) is 4.85. The monoisotopic (exact) mass is 345 g/mol. The average Bonchev–Trinajstić information content (AvgIpc) is 3.18. The first kappa shape index (κ1) is 15.3. The smallest absolute Gasteiger partial charge is 0.161 e. The van der Waals surface area contributed by atoms with Gasteiger partial charge in [-0.15, -0.1) is 0 Å². The lowest BCUT2D eigenvalue weighted by atomic mass is 10.0. The summed E-state index contributed by atoms with van der Waals surface area (Å²) in [7, 11) is 0. The molecule has 1 atom stereocenters. The van der Waals surface area contributed by atoms with Gasteiger partial charge in [-0.1, -0.05) is 18.2 Å². The van der Waals surface area contributed by atoms with Gasteiger partial charge in [-0.3, -0.25) is 4.98 Å². The Morgan fingerprint density at radius 1 is 1.04 bits per heavy atom. The molecule has 0 radical (unpaired) electrons. The highest BCUT2D eigenvalue weighted by Crippen LogP contribution is 2.29. The number of hydrogen-bond donors (Lipinski definition) is 2. The summed E-state index contributed by atoms with van der Waals surface area (Å²) in [5.74, 6) is 2.62. The third kappa shape index (κ3) is 2.78. The molecule has 2 aliphatic heterocycles. The van der Waals surface area contributed by atoms with Gasteiger partial charge in [0.05, 0.1) is 11.7 Å². The Labute approximate surface area is 151 Å². The first-order valence-corrected chi connectivity index (χ1v) is 8.85. The van der Waals surface area contributed by atoms with Crippen molar-refractivity contribution in [1.82, 2.24) is 20.3 Å². The minimum atomic E-state index is 0.190. The molecule has 6 nitrogen and oxygen atoms in total. The van der Waals surface area contributed by atoms with Crippen molar-refractivity contribution in [2.24, 2.45) is 0 Å². The van der Waals surface area contributed by atoms with Crippen LogP contribution >= 0.6 is 0 Å². The highest BCUT2D eigenvalue weighted by Gasteiger charge is 2.24. The van der Waals surface area contributed by atoms with E-state index in [1.165, 1.54) is 5.56 Å². The summed E-state index contributed by atoms with van der Waals surface area (Å²) >= 11 is 0. The highest BCUT2D eigenvalue weighted by atomic mass is 16.5. The van der Waals surface area contributed by atoms with Crippen LogP contribution < -0.4 is 15.4 Å². The Hall–Kier alpha value is -2.99. The van der Waals surface area contributed by atoms with Crippen LogP contribution in [0, 0.1) is 0 Å². The van der Waals surface area contributed by atoms with Gasteiger partial charge >= 0.3 is 0 Å². The van der Waals surface area contributed by atoms with Gasteiger partial charge in [0.1, 0.15) is 18.2 Å². The quantitative estimate of drug-likeness (QED) is 0.760. The number of benzene rings is 1. The number of ether oxygens (including phenoxy) is 1. The molecule has 26 heavy (non-hydrogen) atoms. The van der Waals surface area contributed by atoms with Crippen molar-refractivity contribution in [1.29, 1.82) is 0 Å². The van der Waals surface area contributed by atoms with E-state index in [9.17, 15) is 0 Å². The predicted octanol–water partition coefficient (Wildman–Crippen LogP) is 2.56. The minimum Gasteiger partial charge on any atom is -0.491 e. The fourth-order valence-electron chi connectivity index (χ4n) is 3.53. The number of nitrogens with one attached hydrogen (secondary N) is 2. The van der Waals surface area contributed by atoms with E-state index < -0.39 is 0 Å². The first-order valence-electron chi connectivity index (χ1n) is 8.85. The summed E-state index contributed by atoms with van der Waals surface area (Å²) < 4.78 is 5.91. The molecule has 0 spiro atoms. The molecular formula is C20H19N5O. The van der Waals surface area contributed by atoms with E-state index >= 15 is 0 Å². The summed E-state index contributed by atoms with van der Waals surface area (Å²) in [4.78, 5) is 13.6. The molecular weight excluding hydrogens is 326 g/mol. The van der Waals surface area contributed by atoms with Crippen LogP contribution in [0.1, 0.15) is 16.8 Å². The molecule has 5 rings (SSSR count). The Kier molecular flexibility index (Phi) is 3.75. The Balaban J connectivity index is 1.47. The van der Waals surface area contributed by atoms with Gasteiger partial charge in [-0.25, -0.2) is 9.97 Å². The lowest BCUT2D eigenvalue weighted by molar-refractivity contribution is 0.272. The van der Waals surface area contributed by atoms with Gasteiger partial charge in [-0.2, -0.15) is 0 Å². The van der Waals surface area contributed by atoms with Gasteiger partial charge in [0.25, 0.3) is 0 Å². The molecule has 0 saturated carbocycles. The number of anilines is 1. The predicted molar refractivity (Wildman–Crippen MR) is 98.9 cm³/mol. The van der Waals surface area contributed by atoms with Crippen molar-refractivity contribution in [2.45, 2.75) is 25.6 Å². The number of aromatic nitrogens is 3. The van der Waals surface area contributed by atoms with Gasteiger partial charge in [0.2, 0.25) is 0 Å². The normalized spacial score (nSPS) is 17.9. The van der Waals surface area contributed by atoms with E-state index in [1.54, 1.807) is 12.4 Å². The number of nitrogens with zero attached hydrogens (tertiary/aromatic N) is 3. The van der Waals surface area contributed by atoms with Crippen molar-refractivity contribution in [3.63, 3.8) is 0 Å². The van der Waals surface area contributed by atoms with E-state index in [4.69, 9.17) is 14.7 Å². The van der Waals surface area contributed by atoms with Crippen LogP contribution in [-0.2, 0) is 19.5 Å². The third-order valence-electron chi connectivity index (χ3n) is 4.85. The van der Waals surface area contributed by atoms with E-state index in [-0.39, 0.29) is 6.04 Å². The van der Waals surface area contributed by atoms with Crippen LogP contribution in [0.2, 0.25) is 0 Å². The minimum absolute atomic E-state index is 0.190. The summed E-state index contributed by atoms with van der Waals surface area (Å²) in [5, 5.41) is 6.97. The topological polar surface area (TPSA) is 72.0 Å². The van der Waals surface area contributed by atoms with E-state index in [1.807, 2.05) is 24.3 Å². The second-order valence-electron chi connectivity index (χ2n) is 6.62. The van der Waals surface area contributed by atoms with E-state index in [0.29, 0.717) is 6.61 Å². The number of pyridine rings is 1. The summed E-state index contributed by atoms with van der Waals surface area (Å²) in [6.45, 7) is 2.20. The Morgan fingerprint density at radius 3 is 2.85 bits per heavy atom. The molecule has 2 N–H and O–H groups in total. The van der Waals surface area contributed by atoms with Crippen LogP contribution in [0.3, 0.4) is 0 Å². The second-order valence-corrected chi connectivity index (χ2v) is 6.62. The van der Waals surface area contributed by atoms with Crippen LogP contribution in [0.4, 0.5) is 5.82 Å². The van der Waals surface area contributed by atoms with Gasteiger partial charge in [0, 0.05) is 36.6 Å². The summed E-state index contributed by atoms with van der Waals surface area (Å²) in [5.41, 5.74) is 4.42. The van der Waals surface area contributed by atoms with Crippen LogP contribution in [0.15, 0.2) is 48.8 Å². The van der Waals surface area contributed by atoms with Gasteiger partial charge in [-0.05, 0) is 30.2 Å². The average molecular weight is 345 g/mol. The first-order chi connectivity index (χ1) is 12.9. The molecule has 6 heteroatoms. The van der Waals surface area contributed by atoms with Crippen molar-refractivity contribution in [2.75, 3.05) is 11.9 Å². The molecule has 0 amide bonds. The zero-order valence-corrected chi connectivity index (χ0v) is 14.3. The summed E-state index contributed by atoms with van der Waals surface area (Å²) in [6, 6.07) is 12.3. The van der Waals surface area contributed by atoms with Crippen molar-refractivity contribution >= 4 is 5.82 Å². The van der Waals surface area contributed by atoms with Crippen LogP contribution in [-0.4, -0.2) is 27.6 Å². The maximum Gasteiger partial charge on any atom is 0.161 e. The fourth-order valence-corrected chi connectivity index (χ4v) is 3.53. The van der Waals surface area contributed by atoms with E-state index in [2.05, 4.69) is 27.8 Å². The molecule has 2 aromatic heterocycles. The fraction of sp³-hybridized carbons (Fsp3) is 0.250. The maximum absolute atomic E-state index is 5.91. The summed E-state index contributed by atoms with van der Waals surface area (Å²) in [6.07, 6.45) is 4.46. The SMILES string of the molecule is c1ccc2c(c1)C[C@@H](Nc1nc(-c3ccncc3)nc3c1CNC3)CO2. The Bertz CT molecular complexity index is 944. The van der Waals surface area contributed by atoms with Gasteiger partial charge < -0.3 is 15.4 Å². The van der Waals surface area contributed by atoms with Crippen molar-refractivity contribution < 1.29 is 4.74 Å². The number of hydrogen-bond acceptors (Lipinski definition) is 6. The van der Waals surface area contributed by atoms with Crippen molar-refractivity contribution in [3.8, 4) is 17.1 Å². The molecule has 4 heterocycles. The lowest BCUT2D eigenvalue weighted by Gasteiger charge is -2.27. The van der Waals surface area contributed by atoms with Crippen LogP contribution in [0.25, 0.3) is 11.4 Å². The molecule has 2 aliphatic rings. The lowest BCUT2D eigenvalue weighted by Crippen LogP contribution is -2.34. The molecule has 0 unspecified atom stereocenters. The molecule has 130 valence electrons. The van der Waals surface area contributed by atoms with E-state index in [0.717, 1.165) is 53.7 Å². The number of fused-ring (bicyclic) bond motifs is 2. The zero-order chi connectivity index (χ0) is 17.3. The molecule has 3 aromatic rings. The maximum atomic E-state index is 5.91. The van der Waals surface area contributed by atoms with Crippen molar-refractivity contribution in [3.05, 3.63) is 65.6 Å². The molecule has 0 bridgehead atoms. The Morgan fingerprint density at radius 2 is 1.92 bits per heavy atom. The molecule has 0 fully saturated rings. The zero-order valence-electron chi connectivity index (χ0n) is 14.3. The van der Waals surface area contributed by atoms with Crippen LogP contribution in [0.5, 0.6) is 5.75 Å². The second kappa shape index (κ2) is 6.38.